The van der Waals surface area contributed by atoms with Crippen LogP contribution in [0.3, 0.4) is 0 Å². The molecule has 0 heterocycles. The molecule has 1 atom stereocenters. The molecule has 0 radical (unpaired) electrons. The van der Waals surface area contributed by atoms with Gasteiger partial charge in [-0.2, -0.15) is 0 Å². The van der Waals surface area contributed by atoms with Crippen molar-refractivity contribution in [2.45, 2.75) is 45.7 Å². The monoisotopic (exact) mass is 235 g/mol. The smallest absolute Gasteiger partial charge is 0.325 e. The molecular formula is C14H21NO2. The maximum atomic E-state index is 11.2. The highest BCUT2D eigenvalue weighted by Gasteiger charge is 2.20. The maximum Gasteiger partial charge on any atom is 0.325 e. The summed E-state index contributed by atoms with van der Waals surface area (Å²) in [5.74, 6) is -0.374. The van der Waals surface area contributed by atoms with Crippen molar-refractivity contribution in [1.82, 2.24) is 5.32 Å². The summed E-state index contributed by atoms with van der Waals surface area (Å²) in [6.07, 6.45) is 0. The van der Waals surface area contributed by atoms with E-state index in [0.29, 0.717) is 5.92 Å². The molecule has 17 heavy (non-hydrogen) atoms. The average Bonchev–Trinajstić information content (AvgIpc) is 2.25. The van der Waals surface area contributed by atoms with Gasteiger partial charge >= 0.3 is 5.97 Å². The Labute approximate surface area is 103 Å². The predicted octanol–water partition coefficient (Wildman–Crippen LogP) is 2.93. The molecule has 0 aromatic heterocycles. The van der Waals surface area contributed by atoms with Gasteiger partial charge in [-0.05, 0) is 30.9 Å². The summed E-state index contributed by atoms with van der Waals surface area (Å²) in [4.78, 5) is 11.2. The first-order valence-electron chi connectivity index (χ1n) is 6.00. The van der Waals surface area contributed by atoms with Crippen LogP contribution in [0.4, 0.5) is 0 Å². The number of hydrogen-bond acceptors (Lipinski definition) is 2. The largest absolute Gasteiger partial charge is 0.480 e. The molecule has 0 aliphatic heterocycles. The highest BCUT2D eigenvalue weighted by atomic mass is 16.4. The fourth-order valence-corrected chi connectivity index (χ4v) is 1.72. The van der Waals surface area contributed by atoms with Crippen LogP contribution in [0.2, 0.25) is 0 Å². The molecule has 0 spiro atoms. The molecule has 94 valence electrons. The summed E-state index contributed by atoms with van der Waals surface area (Å²) in [7, 11) is 0. The number of nitrogens with one attached hydrogen (secondary N) is 1. The minimum atomic E-state index is -0.837. The molecule has 0 fully saturated rings. The van der Waals surface area contributed by atoms with Crippen molar-refractivity contribution in [3.8, 4) is 0 Å². The Balaban J connectivity index is 2.91. The first-order valence-corrected chi connectivity index (χ1v) is 6.00. The highest BCUT2D eigenvalue weighted by molar-refractivity contribution is 5.75. The molecule has 0 saturated heterocycles. The molecule has 1 aromatic carbocycles. The number of benzene rings is 1. The van der Waals surface area contributed by atoms with E-state index in [1.165, 1.54) is 5.56 Å². The van der Waals surface area contributed by atoms with Crippen molar-refractivity contribution in [3.63, 3.8) is 0 Å². The molecule has 0 saturated carbocycles. The molecule has 3 nitrogen and oxygen atoms in total. The zero-order chi connectivity index (χ0) is 13.0. The number of rotatable bonds is 5. The summed E-state index contributed by atoms with van der Waals surface area (Å²) in [6, 6.07) is 7.29. The lowest BCUT2D eigenvalue weighted by Crippen LogP contribution is -2.33. The fourth-order valence-electron chi connectivity index (χ4n) is 1.72. The van der Waals surface area contributed by atoms with E-state index >= 15 is 0 Å². The van der Waals surface area contributed by atoms with E-state index in [-0.39, 0.29) is 6.04 Å². The maximum absolute atomic E-state index is 11.2. The molecule has 0 bridgehead atoms. The third-order valence-electron chi connectivity index (χ3n) is 2.68. The van der Waals surface area contributed by atoms with Gasteiger partial charge in [-0.1, -0.05) is 38.1 Å². The van der Waals surface area contributed by atoms with Gasteiger partial charge in [0.25, 0.3) is 0 Å². The highest BCUT2D eigenvalue weighted by Crippen LogP contribution is 2.19. The van der Waals surface area contributed by atoms with Gasteiger partial charge in [0.2, 0.25) is 0 Å². The van der Waals surface area contributed by atoms with Gasteiger partial charge in [-0.3, -0.25) is 10.1 Å². The summed E-state index contributed by atoms with van der Waals surface area (Å²) in [5.41, 5.74) is 2.03. The lowest BCUT2D eigenvalue weighted by molar-refractivity contribution is -0.139. The quantitative estimate of drug-likeness (QED) is 0.825. The van der Waals surface area contributed by atoms with Crippen LogP contribution in [0.5, 0.6) is 0 Å². The lowest BCUT2D eigenvalue weighted by Gasteiger charge is -2.18. The van der Waals surface area contributed by atoms with Crippen LogP contribution >= 0.6 is 0 Å². The molecule has 1 unspecified atom stereocenters. The van der Waals surface area contributed by atoms with Crippen LogP contribution < -0.4 is 5.32 Å². The Morgan fingerprint density at radius 3 is 1.88 bits per heavy atom. The molecule has 1 aromatic rings. The zero-order valence-electron chi connectivity index (χ0n) is 10.9. The van der Waals surface area contributed by atoms with E-state index in [1.807, 2.05) is 38.1 Å². The number of carboxylic acids is 1. The van der Waals surface area contributed by atoms with E-state index < -0.39 is 12.0 Å². The number of carbonyl (C=O) groups is 1. The lowest BCUT2D eigenvalue weighted by atomic mass is 9.99. The second-order valence-electron chi connectivity index (χ2n) is 4.91. The Morgan fingerprint density at radius 1 is 1.06 bits per heavy atom. The minimum Gasteiger partial charge on any atom is -0.480 e. The second kappa shape index (κ2) is 5.82. The number of hydrogen-bond donors (Lipinski definition) is 2. The van der Waals surface area contributed by atoms with Crippen molar-refractivity contribution in [1.29, 1.82) is 0 Å². The Bertz CT molecular complexity index is 368. The Kier molecular flexibility index (Phi) is 4.70. The van der Waals surface area contributed by atoms with Gasteiger partial charge in [0.1, 0.15) is 6.04 Å². The molecular weight excluding hydrogens is 214 g/mol. The molecule has 2 N–H and O–H groups in total. The topological polar surface area (TPSA) is 49.3 Å². The summed E-state index contributed by atoms with van der Waals surface area (Å²) in [5, 5.41) is 12.2. The first kappa shape index (κ1) is 13.7. The molecule has 3 heteroatoms. The zero-order valence-corrected chi connectivity index (χ0v) is 10.9. The SMILES string of the molecule is CC(C)NC(C(=O)O)c1ccc(C(C)C)cc1. The van der Waals surface area contributed by atoms with Gasteiger partial charge in [-0.15, -0.1) is 0 Å². The number of carboxylic acid groups (broad SMARTS) is 1. The second-order valence-corrected chi connectivity index (χ2v) is 4.91. The molecule has 1 rings (SSSR count). The van der Waals surface area contributed by atoms with Crippen LogP contribution in [-0.2, 0) is 4.79 Å². The van der Waals surface area contributed by atoms with E-state index in [9.17, 15) is 9.90 Å². The Morgan fingerprint density at radius 2 is 1.53 bits per heavy atom. The van der Waals surface area contributed by atoms with E-state index in [2.05, 4.69) is 19.2 Å². The van der Waals surface area contributed by atoms with Gasteiger partial charge in [-0.25, -0.2) is 0 Å². The first-order chi connectivity index (χ1) is 7.91. The third kappa shape index (κ3) is 3.86. The summed E-state index contributed by atoms with van der Waals surface area (Å²) >= 11 is 0. The van der Waals surface area contributed by atoms with Gasteiger partial charge in [0.05, 0.1) is 0 Å². The number of aliphatic carboxylic acids is 1. The molecule has 0 aliphatic carbocycles. The summed E-state index contributed by atoms with van der Waals surface area (Å²) < 4.78 is 0. The van der Waals surface area contributed by atoms with Gasteiger partial charge in [0.15, 0.2) is 0 Å². The van der Waals surface area contributed by atoms with Crippen molar-refractivity contribution < 1.29 is 9.90 Å². The molecule has 0 amide bonds. The third-order valence-corrected chi connectivity index (χ3v) is 2.68. The van der Waals surface area contributed by atoms with Crippen LogP contribution in [0.25, 0.3) is 0 Å². The van der Waals surface area contributed by atoms with E-state index in [1.54, 1.807) is 0 Å². The van der Waals surface area contributed by atoms with Crippen molar-refractivity contribution >= 4 is 5.97 Å². The van der Waals surface area contributed by atoms with E-state index in [0.717, 1.165) is 5.56 Å². The van der Waals surface area contributed by atoms with E-state index in [4.69, 9.17) is 0 Å². The van der Waals surface area contributed by atoms with Crippen molar-refractivity contribution in [2.75, 3.05) is 0 Å². The van der Waals surface area contributed by atoms with Gasteiger partial charge < -0.3 is 5.11 Å². The average molecular weight is 235 g/mol. The minimum absolute atomic E-state index is 0.140. The fraction of sp³-hybridized carbons (Fsp3) is 0.500. The standard InChI is InChI=1S/C14H21NO2/c1-9(2)11-5-7-12(8-6-11)13(14(16)17)15-10(3)4/h5-10,13,15H,1-4H3,(H,16,17). The van der Waals surface area contributed by atoms with Crippen LogP contribution in [0.1, 0.15) is 50.8 Å². The molecule has 0 aliphatic rings. The Hall–Kier alpha value is -1.35. The van der Waals surface area contributed by atoms with Crippen molar-refractivity contribution in [3.05, 3.63) is 35.4 Å². The van der Waals surface area contributed by atoms with Crippen LogP contribution in [0.15, 0.2) is 24.3 Å². The van der Waals surface area contributed by atoms with Crippen molar-refractivity contribution in [2.24, 2.45) is 0 Å². The van der Waals surface area contributed by atoms with Gasteiger partial charge in [0, 0.05) is 6.04 Å². The normalized spacial score (nSPS) is 13.1. The van der Waals surface area contributed by atoms with Crippen LogP contribution in [-0.4, -0.2) is 17.1 Å². The predicted molar refractivity (Wildman–Crippen MR) is 69.2 cm³/mol. The van der Waals surface area contributed by atoms with Crippen LogP contribution in [0, 0.1) is 0 Å². The summed E-state index contributed by atoms with van der Waals surface area (Å²) in [6.45, 7) is 8.13.